The zero-order valence-electron chi connectivity index (χ0n) is 11.6. The Hall–Kier alpha value is -1.29. The van der Waals surface area contributed by atoms with Crippen molar-refractivity contribution in [1.29, 1.82) is 0 Å². The average Bonchev–Trinajstić information content (AvgIpc) is 2.83. The van der Waals surface area contributed by atoms with Crippen LogP contribution in [0, 0.1) is 17.2 Å². The standard InChI is InChI=1S/C15H20FNO2/c1-15(2)13(10-6-7-19-14(10)15)17-9-4-5-12(18-3)11(16)8-9/h4-5,8,10,13-14,17H,6-7H2,1-3H3. The molecule has 1 heterocycles. The minimum atomic E-state index is -0.330. The molecule has 0 spiro atoms. The van der Waals surface area contributed by atoms with Gasteiger partial charge in [-0.2, -0.15) is 0 Å². The monoisotopic (exact) mass is 265 g/mol. The van der Waals surface area contributed by atoms with Gasteiger partial charge in [-0.05, 0) is 18.6 Å². The summed E-state index contributed by atoms with van der Waals surface area (Å²) in [4.78, 5) is 0. The Morgan fingerprint density at radius 2 is 2.21 bits per heavy atom. The van der Waals surface area contributed by atoms with Crippen LogP contribution in [0.1, 0.15) is 20.3 Å². The molecule has 0 bridgehead atoms. The van der Waals surface area contributed by atoms with Crippen LogP contribution >= 0.6 is 0 Å². The maximum absolute atomic E-state index is 13.7. The molecule has 1 aliphatic heterocycles. The summed E-state index contributed by atoms with van der Waals surface area (Å²) in [6, 6.07) is 5.36. The number of halogens is 1. The van der Waals surface area contributed by atoms with Crippen LogP contribution in [-0.2, 0) is 4.74 Å². The lowest BCUT2D eigenvalue weighted by Crippen LogP contribution is -2.63. The van der Waals surface area contributed by atoms with Crippen LogP contribution in [0.3, 0.4) is 0 Å². The minimum Gasteiger partial charge on any atom is -0.494 e. The molecule has 1 aromatic carbocycles. The van der Waals surface area contributed by atoms with Crippen molar-refractivity contribution in [3.63, 3.8) is 0 Å². The predicted molar refractivity (Wildman–Crippen MR) is 72.0 cm³/mol. The zero-order valence-corrected chi connectivity index (χ0v) is 11.6. The summed E-state index contributed by atoms with van der Waals surface area (Å²) in [6.07, 6.45) is 1.43. The number of hydrogen-bond acceptors (Lipinski definition) is 3. The minimum absolute atomic E-state index is 0.0948. The van der Waals surface area contributed by atoms with Crippen molar-refractivity contribution in [3.05, 3.63) is 24.0 Å². The van der Waals surface area contributed by atoms with Gasteiger partial charge in [0, 0.05) is 35.7 Å². The lowest BCUT2D eigenvalue weighted by Gasteiger charge is -2.55. The fourth-order valence-corrected chi connectivity index (χ4v) is 3.55. The van der Waals surface area contributed by atoms with Gasteiger partial charge in [-0.1, -0.05) is 13.8 Å². The van der Waals surface area contributed by atoms with Crippen molar-refractivity contribution in [2.45, 2.75) is 32.4 Å². The third kappa shape index (κ3) is 1.89. The van der Waals surface area contributed by atoms with E-state index in [1.165, 1.54) is 13.2 Å². The number of ether oxygens (including phenoxy) is 2. The van der Waals surface area contributed by atoms with Crippen molar-refractivity contribution < 1.29 is 13.9 Å². The highest BCUT2D eigenvalue weighted by molar-refractivity contribution is 5.49. The number of hydrogen-bond donors (Lipinski definition) is 1. The third-order valence-corrected chi connectivity index (χ3v) is 4.57. The van der Waals surface area contributed by atoms with E-state index in [0.717, 1.165) is 18.7 Å². The SMILES string of the molecule is COc1ccc(NC2C3CCOC3C2(C)C)cc1F. The summed E-state index contributed by atoms with van der Waals surface area (Å²) in [5.41, 5.74) is 0.902. The smallest absolute Gasteiger partial charge is 0.167 e. The molecule has 3 nitrogen and oxygen atoms in total. The number of benzene rings is 1. The van der Waals surface area contributed by atoms with Gasteiger partial charge in [0.15, 0.2) is 11.6 Å². The highest BCUT2D eigenvalue weighted by Gasteiger charge is 2.59. The van der Waals surface area contributed by atoms with E-state index in [1.54, 1.807) is 6.07 Å². The van der Waals surface area contributed by atoms with Crippen molar-refractivity contribution in [2.75, 3.05) is 19.0 Å². The van der Waals surface area contributed by atoms with Gasteiger partial charge in [0.2, 0.25) is 0 Å². The van der Waals surface area contributed by atoms with Gasteiger partial charge in [0.25, 0.3) is 0 Å². The third-order valence-electron chi connectivity index (χ3n) is 4.57. The van der Waals surface area contributed by atoms with Gasteiger partial charge in [0.1, 0.15) is 0 Å². The molecule has 2 fully saturated rings. The first-order valence-electron chi connectivity index (χ1n) is 6.75. The maximum atomic E-state index is 13.7. The second-order valence-electron chi connectivity index (χ2n) is 6.04. The molecule has 1 saturated carbocycles. The number of nitrogens with one attached hydrogen (secondary N) is 1. The molecule has 19 heavy (non-hydrogen) atoms. The molecule has 1 N–H and O–H groups in total. The second kappa shape index (κ2) is 4.37. The quantitative estimate of drug-likeness (QED) is 0.911. The molecule has 1 aliphatic carbocycles. The van der Waals surface area contributed by atoms with Gasteiger partial charge >= 0.3 is 0 Å². The van der Waals surface area contributed by atoms with Crippen LogP contribution in [0.25, 0.3) is 0 Å². The van der Waals surface area contributed by atoms with Crippen LogP contribution in [0.5, 0.6) is 5.75 Å². The molecular formula is C15H20FNO2. The maximum Gasteiger partial charge on any atom is 0.167 e. The van der Waals surface area contributed by atoms with Crippen molar-refractivity contribution >= 4 is 5.69 Å². The normalized spacial score (nSPS) is 31.5. The molecule has 3 rings (SSSR count). The van der Waals surface area contributed by atoms with Gasteiger partial charge in [0.05, 0.1) is 13.2 Å². The second-order valence-corrected chi connectivity index (χ2v) is 6.04. The van der Waals surface area contributed by atoms with Gasteiger partial charge in [-0.25, -0.2) is 4.39 Å². The van der Waals surface area contributed by atoms with Crippen molar-refractivity contribution in [2.24, 2.45) is 11.3 Å². The molecule has 0 aromatic heterocycles. The van der Waals surface area contributed by atoms with E-state index in [0.29, 0.717) is 18.1 Å². The summed E-state index contributed by atoms with van der Waals surface area (Å²) in [7, 11) is 1.47. The fourth-order valence-electron chi connectivity index (χ4n) is 3.55. The molecule has 104 valence electrons. The molecule has 1 aromatic rings. The molecule has 2 aliphatic rings. The van der Waals surface area contributed by atoms with Crippen LogP contribution < -0.4 is 10.1 Å². The average molecular weight is 265 g/mol. The van der Waals surface area contributed by atoms with Crippen LogP contribution in [-0.4, -0.2) is 25.9 Å². The Labute approximate surface area is 113 Å². The van der Waals surface area contributed by atoms with Crippen molar-refractivity contribution in [1.82, 2.24) is 0 Å². The zero-order chi connectivity index (χ0) is 13.6. The Bertz CT molecular complexity index is 489. The number of methoxy groups -OCH3 is 1. The largest absolute Gasteiger partial charge is 0.494 e. The highest BCUT2D eigenvalue weighted by Crippen LogP contribution is 2.53. The number of rotatable bonds is 3. The molecule has 1 saturated heterocycles. The Kier molecular flexibility index (Phi) is 2.93. The van der Waals surface area contributed by atoms with Gasteiger partial charge < -0.3 is 14.8 Å². The molecule has 3 atom stereocenters. The molecule has 0 radical (unpaired) electrons. The van der Waals surface area contributed by atoms with Crippen LogP contribution in [0.15, 0.2) is 18.2 Å². The lowest BCUT2D eigenvalue weighted by molar-refractivity contribution is -0.0923. The predicted octanol–water partition coefficient (Wildman–Crippen LogP) is 3.06. The number of anilines is 1. The Morgan fingerprint density at radius 3 is 2.89 bits per heavy atom. The van der Waals surface area contributed by atoms with Crippen LogP contribution in [0.2, 0.25) is 0 Å². The first-order chi connectivity index (χ1) is 9.04. The van der Waals surface area contributed by atoms with E-state index in [1.807, 2.05) is 6.07 Å². The topological polar surface area (TPSA) is 30.5 Å². The number of fused-ring (bicyclic) bond motifs is 1. The summed E-state index contributed by atoms with van der Waals surface area (Å²) in [5, 5.41) is 3.46. The van der Waals surface area contributed by atoms with Crippen LogP contribution in [0.4, 0.5) is 10.1 Å². The molecular weight excluding hydrogens is 245 g/mol. The highest BCUT2D eigenvalue weighted by atomic mass is 19.1. The van der Waals surface area contributed by atoms with E-state index in [-0.39, 0.29) is 17.0 Å². The van der Waals surface area contributed by atoms with Gasteiger partial charge in [-0.15, -0.1) is 0 Å². The first kappa shape index (κ1) is 12.7. The Morgan fingerprint density at radius 1 is 1.42 bits per heavy atom. The summed E-state index contributed by atoms with van der Waals surface area (Å²) in [5.74, 6) is 0.490. The lowest BCUT2D eigenvalue weighted by atomic mass is 9.57. The van der Waals surface area contributed by atoms with E-state index in [2.05, 4.69) is 19.2 Å². The Balaban J connectivity index is 1.76. The summed E-state index contributed by atoms with van der Waals surface area (Å²) < 4.78 is 24.4. The van der Waals surface area contributed by atoms with E-state index < -0.39 is 0 Å². The fraction of sp³-hybridized carbons (Fsp3) is 0.600. The molecule has 4 heteroatoms. The van der Waals surface area contributed by atoms with E-state index >= 15 is 0 Å². The first-order valence-corrected chi connectivity index (χ1v) is 6.75. The summed E-state index contributed by atoms with van der Waals surface area (Å²) >= 11 is 0. The van der Waals surface area contributed by atoms with E-state index in [9.17, 15) is 4.39 Å². The molecule has 3 unspecified atom stereocenters. The van der Waals surface area contributed by atoms with Gasteiger partial charge in [-0.3, -0.25) is 0 Å². The van der Waals surface area contributed by atoms with Crippen molar-refractivity contribution in [3.8, 4) is 5.75 Å². The summed E-state index contributed by atoms with van der Waals surface area (Å²) in [6.45, 7) is 5.25. The molecule has 0 amide bonds. The van der Waals surface area contributed by atoms with E-state index in [4.69, 9.17) is 9.47 Å².